The van der Waals surface area contributed by atoms with Crippen LogP contribution in [0, 0.1) is 0 Å². The highest BCUT2D eigenvalue weighted by Crippen LogP contribution is 2.24. The third kappa shape index (κ3) is 5.33. The van der Waals surface area contributed by atoms with Crippen LogP contribution in [0.4, 0.5) is 10.8 Å². The summed E-state index contributed by atoms with van der Waals surface area (Å²) in [6.07, 6.45) is 1.59. The second kappa shape index (κ2) is 10.2. The molecule has 0 aliphatic rings. The van der Waals surface area contributed by atoms with Crippen molar-refractivity contribution >= 4 is 55.6 Å². The molecule has 1 heterocycles. The van der Waals surface area contributed by atoms with Crippen LogP contribution in [0.3, 0.4) is 0 Å². The van der Waals surface area contributed by atoms with E-state index in [9.17, 15) is 18.0 Å². The molecule has 0 spiro atoms. The lowest BCUT2D eigenvalue weighted by molar-refractivity contribution is 0.102. The largest absolute Gasteiger partial charge is 0.322 e. The summed E-state index contributed by atoms with van der Waals surface area (Å²) in [5.74, 6) is -0.887. The number of rotatable bonds is 8. The molecule has 0 bridgehead atoms. The Labute approximate surface area is 195 Å². The van der Waals surface area contributed by atoms with Gasteiger partial charge in [-0.25, -0.2) is 13.4 Å². The molecule has 1 aromatic heterocycles. The SMILES string of the molecule is CCN(CC)S(=O)(=O)c1ccc(Cl)c(C(=O)Nc2ccc(C(=O)Nc3nccs3)cc2)c1. The Balaban J connectivity index is 1.76. The summed E-state index contributed by atoms with van der Waals surface area (Å²) in [4.78, 5) is 29.0. The fourth-order valence-corrected chi connectivity index (χ4v) is 5.12. The number of carbonyl (C=O) groups excluding carboxylic acids is 2. The van der Waals surface area contributed by atoms with E-state index >= 15 is 0 Å². The Bertz CT molecular complexity index is 1210. The monoisotopic (exact) mass is 492 g/mol. The molecule has 32 heavy (non-hydrogen) atoms. The lowest BCUT2D eigenvalue weighted by atomic mass is 10.1. The molecular formula is C21H21ClN4O4S2. The van der Waals surface area contributed by atoms with Gasteiger partial charge in [0, 0.05) is 35.9 Å². The van der Waals surface area contributed by atoms with E-state index in [0.717, 1.165) is 0 Å². The number of anilines is 2. The van der Waals surface area contributed by atoms with Gasteiger partial charge in [-0.2, -0.15) is 4.31 Å². The van der Waals surface area contributed by atoms with Gasteiger partial charge in [-0.3, -0.25) is 14.9 Å². The fourth-order valence-electron chi connectivity index (χ4n) is 2.91. The predicted molar refractivity (Wildman–Crippen MR) is 126 cm³/mol. The van der Waals surface area contributed by atoms with E-state index in [1.54, 1.807) is 49.7 Å². The van der Waals surface area contributed by atoms with Crippen molar-refractivity contribution in [2.24, 2.45) is 0 Å². The van der Waals surface area contributed by atoms with Crippen molar-refractivity contribution in [1.82, 2.24) is 9.29 Å². The number of sulfonamides is 1. The van der Waals surface area contributed by atoms with E-state index in [1.165, 1.54) is 33.8 Å². The van der Waals surface area contributed by atoms with E-state index in [0.29, 0.717) is 29.5 Å². The molecule has 0 aliphatic carbocycles. The Morgan fingerprint density at radius 1 is 1.03 bits per heavy atom. The molecule has 2 N–H and O–H groups in total. The van der Waals surface area contributed by atoms with Crippen molar-refractivity contribution in [3.8, 4) is 0 Å². The van der Waals surface area contributed by atoms with Crippen LogP contribution in [-0.2, 0) is 10.0 Å². The smallest absolute Gasteiger partial charge is 0.257 e. The molecule has 0 fully saturated rings. The number of carbonyl (C=O) groups is 2. The van der Waals surface area contributed by atoms with E-state index in [2.05, 4.69) is 15.6 Å². The highest BCUT2D eigenvalue weighted by molar-refractivity contribution is 7.89. The van der Waals surface area contributed by atoms with Crippen molar-refractivity contribution in [3.63, 3.8) is 0 Å². The fraction of sp³-hybridized carbons (Fsp3) is 0.190. The summed E-state index contributed by atoms with van der Waals surface area (Å²) in [6, 6.07) is 10.3. The third-order valence-electron chi connectivity index (χ3n) is 4.58. The maximum Gasteiger partial charge on any atom is 0.257 e. The predicted octanol–water partition coefficient (Wildman–Crippen LogP) is 4.33. The van der Waals surface area contributed by atoms with Crippen molar-refractivity contribution < 1.29 is 18.0 Å². The molecule has 168 valence electrons. The zero-order valence-corrected chi connectivity index (χ0v) is 19.7. The van der Waals surface area contributed by atoms with Crippen LogP contribution < -0.4 is 10.6 Å². The van der Waals surface area contributed by atoms with Crippen molar-refractivity contribution in [2.75, 3.05) is 23.7 Å². The normalized spacial score (nSPS) is 11.4. The molecule has 3 aromatic rings. The average molecular weight is 493 g/mol. The van der Waals surface area contributed by atoms with Crippen LogP contribution in [0.5, 0.6) is 0 Å². The van der Waals surface area contributed by atoms with Gasteiger partial charge in [0.05, 0.1) is 15.5 Å². The molecule has 0 saturated carbocycles. The molecule has 2 aromatic carbocycles. The molecule has 0 radical (unpaired) electrons. The van der Waals surface area contributed by atoms with Crippen LogP contribution in [0.15, 0.2) is 58.9 Å². The van der Waals surface area contributed by atoms with Crippen LogP contribution in [0.1, 0.15) is 34.6 Å². The topological polar surface area (TPSA) is 108 Å². The van der Waals surface area contributed by atoms with Gasteiger partial charge < -0.3 is 5.32 Å². The molecule has 0 unspecified atom stereocenters. The summed E-state index contributed by atoms with van der Waals surface area (Å²) in [5.41, 5.74) is 0.850. The number of nitrogens with one attached hydrogen (secondary N) is 2. The first-order chi connectivity index (χ1) is 15.3. The lowest BCUT2D eigenvalue weighted by Crippen LogP contribution is -2.30. The standard InChI is InChI=1S/C21H21ClN4O4S2/c1-3-26(4-2)32(29,30)16-9-10-18(22)17(13-16)20(28)24-15-7-5-14(6-8-15)19(27)25-21-23-11-12-31-21/h5-13H,3-4H2,1-2H3,(H,24,28)(H,23,25,27). The molecule has 2 amide bonds. The summed E-state index contributed by atoms with van der Waals surface area (Å²) >= 11 is 7.47. The van der Waals surface area contributed by atoms with Gasteiger partial charge in [-0.15, -0.1) is 11.3 Å². The number of hydrogen-bond acceptors (Lipinski definition) is 6. The number of hydrogen-bond donors (Lipinski definition) is 2. The maximum absolute atomic E-state index is 12.8. The Hall–Kier alpha value is -2.79. The Kier molecular flexibility index (Phi) is 7.62. The van der Waals surface area contributed by atoms with E-state index < -0.39 is 15.9 Å². The minimum absolute atomic E-state index is 0.00930. The van der Waals surface area contributed by atoms with Crippen LogP contribution in [0.2, 0.25) is 5.02 Å². The Morgan fingerprint density at radius 2 is 1.72 bits per heavy atom. The second-order valence-electron chi connectivity index (χ2n) is 6.55. The quantitative estimate of drug-likeness (QED) is 0.486. The van der Waals surface area contributed by atoms with Gasteiger partial charge in [0.2, 0.25) is 10.0 Å². The number of amides is 2. The first-order valence-electron chi connectivity index (χ1n) is 9.68. The van der Waals surface area contributed by atoms with Crippen LogP contribution in [0.25, 0.3) is 0 Å². The lowest BCUT2D eigenvalue weighted by Gasteiger charge is -2.19. The summed E-state index contributed by atoms with van der Waals surface area (Å²) < 4.78 is 26.8. The zero-order chi connectivity index (χ0) is 23.3. The van der Waals surface area contributed by atoms with Gasteiger partial charge in [-0.05, 0) is 42.5 Å². The van der Waals surface area contributed by atoms with Crippen LogP contribution >= 0.6 is 22.9 Å². The molecule has 0 saturated heterocycles. The molecule has 8 nitrogen and oxygen atoms in total. The highest BCUT2D eigenvalue weighted by Gasteiger charge is 2.24. The second-order valence-corrected chi connectivity index (χ2v) is 9.79. The van der Waals surface area contributed by atoms with E-state index in [4.69, 9.17) is 11.6 Å². The summed E-state index contributed by atoms with van der Waals surface area (Å²) in [5, 5.41) is 7.71. The number of thiazole rings is 1. The van der Waals surface area contributed by atoms with Gasteiger partial charge in [-0.1, -0.05) is 25.4 Å². The first kappa shape index (κ1) is 23.9. The van der Waals surface area contributed by atoms with Crippen LogP contribution in [-0.4, -0.2) is 42.6 Å². The number of aromatic nitrogens is 1. The van der Waals surface area contributed by atoms with E-state index in [1.807, 2.05) is 0 Å². The molecule has 0 aliphatic heterocycles. The minimum atomic E-state index is -3.74. The third-order valence-corrected chi connectivity index (χ3v) is 7.65. The van der Waals surface area contributed by atoms with E-state index in [-0.39, 0.29) is 21.4 Å². The molecule has 11 heteroatoms. The highest BCUT2D eigenvalue weighted by atomic mass is 35.5. The first-order valence-corrected chi connectivity index (χ1v) is 12.4. The number of nitrogens with zero attached hydrogens (tertiary/aromatic N) is 2. The minimum Gasteiger partial charge on any atom is -0.322 e. The molecule has 0 atom stereocenters. The Morgan fingerprint density at radius 3 is 2.31 bits per heavy atom. The van der Waals surface area contributed by atoms with Gasteiger partial charge in [0.25, 0.3) is 11.8 Å². The summed E-state index contributed by atoms with van der Waals surface area (Å²) in [6.45, 7) is 4.11. The van der Waals surface area contributed by atoms with Gasteiger partial charge in [0.15, 0.2) is 5.13 Å². The summed E-state index contributed by atoms with van der Waals surface area (Å²) in [7, 11) is -3.74. The van der Waals surface area contributed by atoms with Gasteiger partial charge >= 0.3 is 0 Å². The van der Waals surface area contributed by atoms with Crippen molar-refractivity contribution in [3.05, 3.63) is 70.2 Å². The molecule has 3 rings (SSSR count). The van der Waals surface area contributed by atoms with Gasteiger partial charge in [0.1, 0.15) is 0 Å². The zero-order valence-electron chi connectivity index (χ0n) is 17.3. The number of benzene rings is 2. The number of halogens is 1. The maximum atomic E-state index is 12.8. The molecular weight excluding hydrogens is 472 g/mol. The van der Waals surface area contributed by atoms with Crippen molar-refractivity contribution in [2.45, 2.75) is 18.7 Å². The van der Waals surface area contributed by atoms with Crippen molar-refractivity contribution in [1.29, 1.82) is 0 Å². The average Bonchev–Trinajstić information content (AvgIpc) is 3.28.